The fourth-order valence-corrected chi connectivity index (χ4v) is 1.27. The molecular formula is C8H10O. The van der Waals surface area contributed by atoms with Gasteiger partial charge in [0.25, 0.3) is 0 Å². The first-order valence-corrected chi connectivity index (χ1v) is 3.34. The molecule has 1 heteroatoms. The number of hydrogen-bond acceptors (Lipinski definition) is 1. The highest BCUT2D eigenvalue weighted by molar-refractivity contribution is 5.20. The molecule has 1 saturated heterocycles. The third-order valence-electron chi connectivity index (χ3n) is 1.91. The molecule has 1 aliphatic carbocycles. The normalized spacial score (nSPS) is 28.4. The molecule has 9 heavy (non-hydrogen) atoms. The first-order chi connectivity index (χ1) is 4.41. The predicted molar refractivity (Wildman–Crippen MR) is 36.1 cm³/mol. The largest absolute Gasteiger partial charge is 0.379 e. The fourth-order valence-electron chi connectivity index (χ4n) is 1.27. The molecule has 0 unspecified atom stereocenters. The van der Waals surface area contributed by atoms with Gasteiger partial charge >= 0.3 is 0 Å². The van der Waals surface area contributed by atoms with Crippen LogP contribution in [-0.4, -0.2) is 13.2 Å². The third-order valence-corrected chi connectivity index (χ3v) is 1.91. The first kappa shape index (κ1) is 5.24. The van der Waals surface area contributed by atoms with Crippen molar-refractivity contribution in [3.8, 4) is 0 Å². The van der Waals surface area contributed by atoms with Gasteiger partial charge in [-0.3, -0.25) is 0 Å². The SMILES string of the molecule is C1=CC2(C=CC1)COC2. The summed E-state index contributed by atoms with van der Waals surface area (Å²) in [5.41, 5.74) is 0.318. The Balaban J connectivity index is 2.17. The van der Waals surface area contributed by atoms with Crippen LogP contribution in [0.15, 0.2) is 24.3 Å². The van der Waals surface area contributed by atoms with Crippen LogP contribution < -0.4 is 0 Å². The van der Waals surface area contributed by atoms with Crippen molar-refractivity contribution in [3.63, 3.8) is 0 Å². The summed E-state index contributed by atoms with van der Waals surface area (Å²) in [6.45, 7) is 1.78. The van der Waals surface area contributed by atoms with Crippen molar-refractivity contribution in [1.82, 2.24) is 0 Å². The summed E-state index contributed by atoms with van der Waals surface area (Å²) in [5.74, 6) is 0. The minimum Gasteiger partial charge on any atom is -0.379 e. The van der Waals surface area contributed by atoms with Crippen molar-refractivity contribution in [2.24, 2.45) is 5.41 Å². The fraction of sp³-hybridized carbons (Fsp3) is 0.500. The molecule has 1 aliphatic heterocycles. The summed E-state index contributed by atoms with van der Waals surface area (Å²) < 4.78 is 5.11. The van der Waals surface area contributed by atoms with Gasteiger partial charge in [-0.2, -0.15) is 0 Å². The molecular weight excluding hydrogens is 112 g/mol. The van der Waals surface area contributed by atoms with E-state index in [1.165, 1.54) is 0 Å². The van der Waals surface area contributed by atoms with Crippen molar-refractivity contribution in [2.45, 2.75) is 6.42 Å². The molecule has 0 saturated carbocycles. The summed E-state index contributed by atoms with van der Waals surface area (Å²) in [7, 11) is 0. The summed E-state index contributed by atoms with van der Waals surface area (Å²) >= 11 is 0. The van der Waals surface area contributed by atoms with Crippen LogP contribution in [0.3, 0.4) is 0 Å². The zero-order valence-corrected chi connectivity index (χ0v) is 5.34. The van der Waals surface area contributed by atoms with Crippen molar-refractivity contribution in [2.75, 3.05) is 13.2 Å². The van der Waals surface area contributed by atoms with E-state index in [-0.39, 0.29) is 0 Å². The third kappa shape index (κ3) is 0.724. The van der Waals surface area contributed by atoms with Crippen LogP contribution in [0, 0.1) is 5.41 Å². The molecule has 0 radical (unpaired) electrons. The van der Waals surface area contributed by atoms with E-state index in [1.807, 2.05) is 0 Å². The lowest BCUT2D eigenvalue weighted by molar-refractivity contribution is -0.0541. The molecule has 0 amide bonds. The lowest BCUT2D eigenvalue weighted by Gasteiger charge is -2.37. The molecule has 1 fully saturated rings. The monoisotopic (exact) mass is 122 g/mol. The Kier molecular flexibility index (Phi) is 0.995. The topological polar surface area (TPSA) is 9.23 Å². The van der Waals surface area contributed by atoms with Gasteiger partial charge in [-0.1, -0.05) is 24.3 Å². The molecule has 48 valence electrons. The van der Waals surface area contributed by atoms with Gasteiger partial charge in [-0.05, 0) is 6.42 Å². The highest BCUT2D eigenvalue weighted by atomic mass is 16.5. The molecule has 1 spiro atoms. The van der Waals surface area contributed by atoms with Crippen molar-refractivity contribution < 1.29 is 4.74 Å². The van der Waals surface area contributed by atoms with Gasteiger partial charge in [0, 0.05) is 0 Å². The summed E-state index contributed by atoms with van der Waals surface area (Å²) in [6, 6.07) is 0. The Morgan fingerprint density at radius 1 is 1.11 bits per heavy atom. The van der Waals surface area contributed by atoms with Crippen molar-refractivity contribution in [3.05, 3.63) is 24.3 Å². The van der Waals surface area contributed by atoms with E-state index in [0.29, 0.717) is 5.41 Å². The van der Waals surface area contributed by atoms with Crippen LogP contribution >= 0.6 is 0 Å². The van der Waals surface area contributed by atoms with Gasteiger partial charge in [0.2, 0.25) is 0 Å². The summed E-state index contributed by atoms with van der Waals surface area (Å²) in [5, 5.41) is 0. The van der Waals surface area contributed by atoms with E-state index in [9.17, 15) is 0 Å². The van der Waals surface area contributed by atoms with Gasteiger partial charge in [-0.15, -0.1) is 0 Å². The number of rotatable bonds is 0. The molecule has 0 bridgehead atoms. The predicted octanol–water partition coefficient (Wildman–Crippen LogP) is 1.52. The zero-order valence-electron chi connectivity index (χ0n) is 5.34. The van der Waals surface area contributed by atoms with Gasteiger partial charge in [-0.25, -0.2) is 0 Å². The average molecular weight is 122 g/mol. The molecule has 0 aromatic heterocycles. The van der Waals surface area contributed by atoms with Crippen LogP contribution in [0.25, 0.3) is 0 Å². The maximum Gasteiger partial charge on any atom is 0.0614 e. The zero-order chi connectivity index (χ0) is 6.16. The minimum absolute atomic E-state index is 0.318. The maximum atomic E-state index is 5.11. The van der Waals surface area contributed by atoms with Crippen LogP contribution in [0.1, 0.15) is 6.42 Å². The Hall–Kier alpha value is -0.560. The quantitative estimate of drug-likeness (QED) is 0.442. The Morgan fingerprint density at radius 2 is 1.78 bits per heavy atom. The second-order valence-electron chi connectivity index (χ2n) is 2.77. The van der Waals surface area contributed by atoms with Gasteiger partial charge < -0.3 is 4.74 Å². The molecule has 1 nitrogen and oxygen atoms in total. The van der Waals surface area contributed by atoms with E-state index in [1.54, 1.807) is 0 Å². The lowest BCUT2D eigenvalue weighted by atomic mass is 9.82. The molecule has 0 aromatic carbocycles. The van der Waals surface area contributed by atoms with E-state index in [4.69, 9.17) is 4.74 Å². The molecule has 0 N–H and O–H groups in total. The van der Waals surface area contributed by atoms with E-state index in [0.717, 1.165) is 19.6 Å². The van der Waals surface area contributed by atoms with Gasteiger partial charge in [0.05, 0.1) is 18.6 Å². The first-order valence-electron chi connectivity index (χ1n) is 3.34. The van der Waals surface area contributed by atoms with E-state index in [2.05, 4.69) is 24.3 Å². The van der Waals surface area contributed by atoms with Crippen LogP contribution in [0.4, 0.5) is 0 Å². The van der Waals surface area contributed by atoms with Crippen LogP contribution in [-0.2, 0) is 4.74 Å². The van der Waals surface area contributed by atoms with E-state index < -0.39 is 0 Å². The van der Waals surface area contributed by atoms with Crippen molar-refractivity contribution in [1.29, 1.82) is 0 Å². The van der Waals surface area contributed by atoms with Crippen LogP contribution in [0.2, 0.25) is 0 Å². The van der Waals surface area contributed by atoms with Gasteiger partial charge in [0.1, 0.15) is 0 Å². The highest BCUT2D eigenvalue weighted by Gasteiger charge is 2.33. The maximum absolute atomic E-state index is 5.11. The smallest absolute Gasteiger partial charge is 0.0614 e. The lowest BCUT2D eigenvalue weighted by Crippen LogP contribution is -2.39. The number of ether oxygens (including phenoxy) is 1. The van der Waals surface area contributed by atoms with E-state index >= 15 is 0 Å². The second-order valence-corrected chi connectivity index (χ2v) is 2.77. The number of hydrogen-bond donors (Lipinski definition) is 0. The van der Waals surface area contributed by atoms with Crippen molar-refractivity contribution >= 4 is 0 Å². The van der Waals surface area contributed by atoms with Crippen LogP contribution in [0.5, 0.6) is 0 Å². The van der Waals surface area contributed by atoms with Gasteiger partial charge in [0.15, 0.2) is 0 Å². The molecule has 1 heterocycles. The molecule has 2 aliphatic rings. The molecule has 0 atom stereocenters. The minimum atomic E-state index is 0.318. The Labute approximate surface area is 55.0 Å². The Bertz CT molecular complexity index is 149. The standard InChI is InChI=1S/C8H10O/c1-2-4-8(5-3-1)6-9-7-8/h2-5H,1,6-7H2. The summed E-state index contributed by atoms with van der Waals surface area (Å²) in [6.07, 6.45) is 10.0. The second kappa shape index (κ2) is 1.71. The molecule has 2 rings (SSSR count). The average Bonchev–Trinajstić information content (AvgIpc) is 1.87. The Morgan fingerprint density at radius 3 is 2.11 bits per heavy atom. The molecule has 0 aromatic rings. The summed E-state index contributed by atoms with van der Waals surface area (Å²) in [4.78, 5) is 0. The number of allylic oxidation sites excluding steroid dienone is 2. The highest BCUT2D eigenvalue weighted by Crippen LogP contribution is 2.32.